The molecule has 0 saturated heterocycles. The minimum absolute atomic E-state index is 0.133. The highest BCUT2D eigenvalue weighted by atomic mass is 32.2. The van der Waals surface area contributed by atoms with Crippen LogP contribution >= 0.6 is 0 Å². The number of nitrogens with one attached hydrogen (secondary N) is 2. The van der Waals surface area contributed by atoms with Crippen LogP contribution < -0.4 is 10.0 Å². The fourth-order valence-corrected chi connectivity index (χ4v) is 4.00. The van der Waals surface area contributed by atoms with E-state index in [-0.39, 0.29) is 4.90 Å². The smallest absolute Gasteiger partial charge is 0.242 e. The summed E-state index contributed by atoms with van der Waals surface area (Å²) in [7, 11) is -3.81. The summed E-state index contributed by atoms with van der Waals surface area (Å²) in [5.41, 5.74) is 1.80. The fraction of sp³-hybridized carbons (Fsp3) is 0.190. The van der Waals surface area contributed by atoms with Gasteiger partial charge in [-0.2, -0.15) is 4.72 Å². The Balaban J connectivity index is 1.72. The van der Waals surface area contributed by atoms with Crippen molar-refractivity contribution in [2.45, 2.75) is 31.2 Å². The Morgan fingerprint density at radius 3 is 2.30 bits per heavy atom. The number of fused-ring (bicyclic) bond motifs is 1. The average Bonchev–Trinajstić information content (AvgIpc) is 2.67. The van der Waals surface area contributed by atoms with E-state index in [2.05, 4.69) is 17.0 Å². The lowest BCUT2D eigenvalue weighted by molar-refractivity contribution is -0.117. The second-order valence-electron chi connectivity index (χ2n) is 6.39. The van der Waals surface area contributed by atoms with Gasteiger partial charge in [0.25, 0.3) is 0 Å². The Bertz CT molecular complexity index is 1060. The molecule has 0 aliphatic carbocycles. The van der Waals surface area contributed by atoms with E-state index >= 15 is 0 Å². The fourth-order valence-electron chi connectivity index (χ4n) is 2.76. The van der Waals surface area contributed by atoms with Crippen molar-refractivity contribution in [1.82, 2.24) is 4.72 Å². The summed E-state index contributed by atoms with van der Waals surface area (Å²) in [5, 5.41) is 4.51. The van der Waals surface area contributed by atoms with Crippen LogP contribution in [0.3, 0.4) is 0 Å². The van der Waals surface area contributed by atoms with E-state index in [1.54, 1.807) is 30.3 Å². The van der Waals surface area contributed by atoms with Gasteiger partial charge in [-0.1, -0.05) is 49.4 Å². The molecule has 140 valence electrons. The maximum absolute atomic E-state index is 12.6. The third-order valence-electron chi connectivity index (χ3n) is 4.39. The molecule has 0 spiro atoms. The van der Waals surface area contributed by atoms with Crippen molar-refractivity contribution in [2.24, 2.45) is 0 Å². The van der Waals surface area contributed by atoms with E-state index in [0.717, 1.165) is 22.8 Å². The van der Waals surface area contributed by atoms with Crippen LogP contribution in [0, 0.1) is 0 Å². The van der Waals surface area contributed by atoms with Crippen molar-refractivity contribution < 1.29 is 13.2 Å². The summed E-state index contributed by atoms with van der Waals surface area (Å²) < 4.78 is 27.7. The number of amides is 1. The van der Waals surface area contributed by atoms with Gasteiger partial charge in [0, 0.05) is 5.69 Å². The van der Waals surface area contributed by atoms with Gasteiger partial charge in [0.05, 0.1) is 10.9 Å². The maximum atomic E-state index is 12.6. The normalized spacial score (nSPS) is 12.7. The molecule has 2 N–H and O–H groups in total. The van der Waals surface area contributed by atoms with E-state index in [1.807, 2.05) is 36.4 Å². The number of hydrogen-bond acceptors (Lipinski definition) is 3. The number of hydrogen-bond donors (Lipinski definition) is 2. The highest BCUT2D eigenvalue weighted by Gasteiger charge is 2.22. The van der Waals surface area contributed by atoms with E-state index in [0.29, 0.717) is 5.69 Å². The highest BCUT2D eigenvalue weighted by Crippen LogP contribution is 2.19. The molecule has 0 aromatic heterocycles. The summed E-state index contributed by atoms with van der Waals surface area (Å²) in [5.74, 6) is -0.413. The van der Waals surface area contributed by atoms with Gasteiger partial charge in [-0.3, -0.25) is 4.79 Å². The zero-order valence-electron chi connectivity index (χ0n) is 15.3. The molecule has 0 heterocycles. The summed E-state index contributed by atoms with van der Waals surface area (Å²) in [6.07, 6.45) is 0.913. The van der Waals surface area contributed by atoms with E-state index in [9.17, 15) is 13.2 Å². The number of aryl methyl sites for hydroxylation is 1. The predicted molar refractivity (Wildman–Crippen MR) is 108 cm³/mol. The first-order valence-electron chi connectivity index (χ1n) is 8.80. The van der Waals surface area contributed by atoms with E-state index < -0.39 is 22.0 Å². The topological polar surface area (TPSA) is 75.3 Å². The second kappa shape index (κ2) is 7.90. The Kier molecular flexibility index (Phi) is 5.58. The number of carbonyl (C=O) groups excluding carboxylic acids is 1. The Morgan fingerprint density at radius 2 is 1.63 bits per heavy atom. The largest absolute Gasteiger partial charge is 0.325 e. The lowest BCUT2D eigenvalue weighted by Gasteiger charge is -2.15. The summed E-state index contributed by atoms with van der Waals surface area (Å²) >= 11 is 0. The minimum Gasteiger partial charge on any atom is -0.325 e. The zero-order chi connectivity index (χ0) is 19.4. The average molecular weight is 382 g/mol. The standard InChI is InChI=1S/C21H22N2O3S/c1-3-16-8-11-19(12-9-16)22-21(24)15(2)23-27(25,26)20-13-10-17-6-4-5-7-18(17)14-20/h4-15,23H,3H2,1-2H3,(H,22,24)/t15-/m0/s1. The summed E-state index contributed by atoms with van der Waals surface area (Å²) in [4.78, 5) is 12.5. The molecule has 0 fully saturated rings. The van der Waals surface area contributed by atoms with Gasteiger partial charge < -0.3 is 5.32 Å². The molecule has 3 aromatic carbocycles. The number of carbonyl (C=O) groups is 1. The molecular weight excluding hydrogens is 360 g/mol. The third kappa shape index (κ3) is 4.53. The molecule has 3 rings (SSSR count). The Hall–Kier alpha value is -2.70. The molecule has 6 heteroatoms. The van der Waals surface area contributed by atoms with Crippen molar-refractivity contribution in [3.63, 3.8) is 0 Å². The molecule has 1 atom stereocenters. The van der Waals surface area contributed by atoms with Gasteiger partial charge in [-0.15, -0.1) is 0 Å². The van der Waals surface area contributed by atoms with Crippen LogP contribution in [0.15, 0.2) is 71.6 Å². The monoisotopic (exact) mass is 382 g/mol. The van der Waals surface area contributed by atoms with Gasteiger partial charge >= 0.3 is 0 Å². The van der Waals surface area contributed by atoms with Gasteiger partial charge in [-0.05, 0) is 53.9 Å². The molecule has 27 heavy (non-hydrogen) atoms. The molecule has 3 aromatic rings. The molecule has 5 nitrogen and oxygen atoms in total. The molecular formula is C21H22N2O3S. The third-order valence-corrected chi connectivity index (χ3v) is 5.92. The van der Waals surface area contributed by atoms with Gasteiger partial charge in [0.1, 0.15) is 0 Å². The van der Waals surface area contributed by atoms with Crippen LogP contribution in [0.5, 0.6) is 0 Å². The van der Waals surface area contributed by atoms with E-state index in [1.165, 1.54) is 6.92 Å². The molecule has 0 aliphatic rings. The highest BCUT2D eigenvalue weighted by molar-refractivity contribution is 7.89. The van der Waals surface area contributed by atoms with Crippen molar-refractivity contribution >= 4 is 32.4 Å². The molecule has 0 saturated carbocycles. The van der Waals surface area contributed by atoms with Gasteiger partial charge in [0.2, 0.25) is 15.9 Å². The van der Waals surface area contributed by atoms with Crippen molar-refractivity contribution in [3.8, 4) is 0 Å². The Labute approximate surface area is 159 Å². The molecule has 0 unspecified atom stereocenters. The SMILES string of the molecule is CCc1ccc(NC(=O)[C@H](C)NS(=O)(=O)c2ccc3ccccc3c2)cc1. The number of sulfonamides is 1. The molecule has 0 radical (unpaired) electrons. The van der Waals surface area contributed by atoms with Crippen LogP contribution in [-0.2, 0) is 21.2 Å². The zero-order valence-corrected chi connectivity index (χ0v) is 16.1. The quantitative estimate of drug-likeness (QED) is 0.682. The van der Waals surface area contributed by atoms with Crippen LogP contribution in [0.2, 0.25) is 0 Å². The minimum atomic E-state index is -3.81. The molecule has 1 amide bonds. The van der Waals surface area contributed by atoms with Crippen LogP contribution in [0.4, 0.5) is 5.69 Å². The van der Waals surface area contributed by atoms with Gasteiger partial charge in [-0.25, -0.2) is 8.42 Å². The first-order chi connectivity index (χ1) is 12.9. The maximum Gasteiger partial charge on any atom is 0.242 e. The van der Waals surface area contributed by atoms with Crippen molar-refractivity contribution in [2.75, 3.05) is 5.32 Å². The first-order valence-corrected chi connectivity index (χ1v) is 10.3. The van der Waals surface area contributed by atoms with Crippen LogP contribution in [0.25, 0.3) is 10.8 Å². The molecule has 0 aliphatic heterocycles. The van der Waals surface area contributed by atoms with Gasteiger partial charge in [0.15, 0.2) is 0 Å². The van der Waals surface area contributed by atoms with Crippen molar-refractivity contribution in [3.05, 3.63) is 72.3 Å². The lowest BCUT2D eigenvalue weighted by Crippen LogP contribution is -2.41. The van der Waals surface area contributed by atoms with Crippen LogP contribution in [-0.4, -0.2) is 20.4 Å². The van der Waals surface area contributed by atoms with E-state index in [4.69, 9.17) is 0 Å². The number of rotatable bonds is 6. The Morgan fingerprint density at radius 1 is 0.963 bits per heavy atom. The number of benzene rings is 3. The number of anilines is 1. The molecule has 0 bridgehead atoms. The van der Waals surface area contributed by atoms with Crippen LogP contribution in [0.1, 0.15) is 19.4 Å². The predicted octanol–water partition coefficient (Wildman–Crippen LogP) is 3.71. The summed E-state index contributed by atoms with van der Waals surface area (Å²) in [6.45, 7) is 3.57. The second-order valence-corrected chi connectivity index (χ2v) is 8.11. The summed E-state index contributed by atoms with van der Waals surface area (Å²) in [6, 6.07) is 19.0. The first kappa shape index (κ1) is 19.1. The lowest BCUT2D eigenvalue weighted by atomic mass is 10.1. The van der Waals surface area contributed by atoms with Crippen molar-refractivity contribution in [1.29, 1.82) is 0 Å².